The van der Waals surface area contributed by atoms with Crippen molar-refractivity contribution in [3.63, 3.8) is 0 Å². The summed E-state index contributed by atoms with van der Waals surface area (Å²) < 4.78 is 32.2. The van der Waals surface area contributed by atoms with Crippen molar-refractivity contribution in [2.24, 2.45) is 5.92 Å². The van der Waals surface area contributed by atoms with Gasteiger partial charge in [-0.05, 0) is 53.0 Å². The van der Waals surface area contributed by atoms with Crippen LogP contribution in [0.5, 0.6) is 0 Å². The predicted octanol–water partition coefficient (Wildman–Crippen LogP) is 4.20. The normalized spacial score (nSPS) is 18.2. The molecule has 194 valence electrons. The van der Waals surface area contributed by atoms with Gasteiger partial charge in [0, 0.05) is 12.2 Å². The zero-order valence-electron chi connectivity index (χ0n) is 21.3. The number of unbranched alkanes of at least 4 members (excludes halogenated alkanes) is 2. The second-order valence-corrected chi connectivity index (χ2v) is 7.96. The molecule has 0 spiro atoms. The highest BCUT2D eigenvalue weighted by Crippen LogP contribution is 2.27. The van der Waals surface area contributed by atoms with E-state index in [0.29, 0.717) is 19.8 Å². The molecule has 4 atom stereocenters. The second-order valence-electron chi connectivity index (χ2n) is 7.96. The van der Waals surface area contributed by atoms with Crippen LogP contribution < -0.4 is 0 Å². The van der Waals surface area contributed by atoms with Crippen LogP contribution in [0.2, 0.25) is 0 Å². The van der Waals surface area contributed by atoms with E-state index >= 15 is 0 Å². The molecule has 0 bridgehead atoms. The summed E-state index contributed by atoms with van der Waals surface area (Å²) in [4.78, 5) is 38.2. The first kappa shape index (κ1) is 29.8. The average molecular weight is 485 g/mol. The van der Waals surface area contributed by atoms with Gasteiger partial charge in [-0.1, -0.05) is 32.8 Å². The minimum absolute atomic E-state index is 0.0114. The first-order valence-corrected chi connectivity index (χ1v) is 12.1. The summed E-state index contributed by atoms with van der Waals surface area (Å²) in [5.74, 6) is -2.89. The van der Waals surface area contributed by atoms with E-state index in [4.69, 9.17) is 28.4 Å². The van der Waals surface area contributed by atoms with E-state index in [-0.39, 0.29) is 17.6 Å². The number of carbonyl (C=O) groups is 3. The molecule has 0 radical (unpaired) electrons. The molecule has 9 nitrogen and oxygen atoms in total. The van der Waals surface area contributed by atoms with Gasteiger partial charge in [0.05, 0.1) is 24.7 Å². The Kier molecular flexibility index (Phi) is 14.4. The molecule has 34 heavy (non-hydrogen) atoms. The molecule has 0 aromatic carbocycles. The van der Waals surface area contributed by atoms with Gasteiger partial charge in [0.2, 0.25) is 0 Å². The van der Waals surface area contributed by atoms with E-state index in [1.807, 2.05) is 13.8 Å². The van der Waals surface area contributed by atoms with E-state index < -0.39 is 42.7 Å². The van der Waals surface area contributed by atoms with Gasteiger partial charge in [-0.15, -0.1) is 0 Å². The fourth-order valence-corrected chi connectivity index (χ4v) is 3.05. The van der Waals surface area contributed by atoms with Gasteiger partial charge in [0.25, 0.3) is 0 Å². The fourth-order valence-electron chi connectivity index (χ4n) is 3.05. The molecule has 0 aliphatic heterocycles. The lowest BCUT2D eigenvalue weighted by Crippen LogP contribution is -2.29. The third-order valence-electron chi connectivity index (χ3n) is 4.88. The maximum Gasteiger partial charge on any atom is 0.340 e. The molecule has 1 rings (SSSR count). The zero-order valence-corrected chi connectivity index (χ0v) is 21.3. The minimum atomic E-state index is -0.883. The molecule has 0 aromatic heterocycles. The molecule has 0 N–H and O–H groups in total. The molecule has 0 fully saturated rings. The summed E-state index contributed by atoms with van der Waals surface area (Å²) in [6.45, 7) is 11.9. The third-order valence-corrected chi connectivity index (χ3v) is 4.88. The van der Waals surface area contributed by atoms with Gasteiger partial charge >= 0.3 is 17.9 Å². The molecule has 0 amide bonds. The molecule has 1 aliphatic carbocycles. The van der Waals surface area contributed by atoms with Crippen LogP contribution in [0, 0.1) is 5.92 Å². The summed E-state index contributed by atoms with van der Waals surface area (Å²) in [5.41, 5.74) is 0.191. The Morgan fingerprint density at radius 3 is 1.91 bits per heavy atom. The van der Waals surface area contributed by atoms with Crippen molar-refractivity contribution in [2.75, 3.05) is 19.8 Å². The smallest absolute Gasteiger partial charge is 0.340 e. The Morgan fingerprint density at radius 2 is 1.35 bits per heavy atom. The number of rotatable bonds is 16. The highest BCUT2D eigenvalue weighted by molar-refractivity contribution is 5.99. The predicted molar refractivity (Wildman–Crippen MR) is 124 cm³/mol. The lowest BCUT2D eigenvalue weighted by molar-refractivity contribution is -0.178. The maximum absolute atomic E-state index is 12.8. The van der Waals surface area contributed by atoms with Crippen LogP contribution in [0.25, 0.3) is 0 Å². The van der Waals surface area contributed by atoms with Crippen LogP contribution in [-0.2, 0) is 42.8 Å². The van der Waals surface area contributed by atoms with Crippen LogP contribution >= 0.6 is 0 Å². The Bertz CT molecular complexity index is 713. The number of hydrogen-bond acceptors (Lipinski definition) is 9. The maximum atomic E-state index is 12.8. The fraction of sp³-hybridized carbons (Fsp3) is 0.720. The molecular formula is C25H40O9. The van der Waals surface area contributed by atoms with Crippen molar-refractivity contribution in [3.05, 3.63) is 23.3 Å². The molecular weight excluding hydrogens is 444 g/mol. The van der Waals surface area contributed by atoms with Gasteiger partial charge < -0.3 is 28.4 Å². The Labute approximate surface area is 202 Å². The van der Waals surface area contributed by atoms with Gasteiger partial charge in [-0.2, -0.15) is 0 Å². The highest BCUT2D eigenvalue weighted by Gasteiger charge is 2.31. The molecule has 0 saturated heterocycles. The van der Waals surface area contributed by atoms with Gasteiger partial charge in [-0.25, -0.2) is 9.59 Å². The van der Waals surface area contributed by atoms with E-state index in [1.165, 1.54) is 12.2 Å². The quantitative estimate of drug-likeness (QED) is 0.138. The van der Waals surface area contributed by atoms with Gasteiger partial charge in [-0.3, -0.25) is 4.79 Å². The van der Waals surface area contributed by atoms with Crippen molar-refractivity contribution in [1.29, 1.82) is 0 Å². The molecule has 0 heterocycles. The van der Waals surface area contributed by atoms with Crippen LogP contribution in [-0.4, -0.2) is 56.6 Å². The molecule has 4 unspecified atom stereocenters. The number of hydrogen-bond donors (Lipinski definition) is 0. The first-order chi connectivity index (χ1) is 16.2. The van der Waals surface area contributed by atoms with Crippen LogP contribution in [0.1, 0.15) is 73.6 Å². The molecule has 0 saturated carbocycles. The van der Waals surface area contributed by atoms with E-state index in [0.717, 1.165) is 25.7 Å². The van der Waals surface area contributed by atoms with Gasteiger partial charge in [0.1, 0.15) is 0 Å². The number of carbonyl (C=O) groups excluding carboxylic acids is 3. The van der Waals surface area contributed by atoms with Crippen molar-refractivity contribution >= 4 is 17.9 Å². The summed E-state index contributed by atoms with van der Waals surface area (Å²) in [6, 6.07) is 0. The second kappa shape index (κ2) is 16.4. The first-order valence-electron chi connectivity index (χ1n) is 12.1. The SMILES string of the molecule is CCCCOC(C)OC(=O)C1=CC(C(=O)OC(C)OCCCC)CC(C(=O)OC(C)OCC)=C1. The zero-order chi connectivity index (χ0) is 25.5. The van der Waals surface area contributed by atoms with Crippen LogP contribution in [0.15, 0.2) is 23.3 Å². The third kappa shape index (κ3) is 11.3. The average Bonchev–Trinajstić information content (AvgIpc) is 2.79. The number of esters is 3. The van der Waals surface area contributed by atoms with Crippen molar-refractivity contribution in [3.8, 4) is 0 Å². The number of ether oxygens (including phenoxy) is 6. The van der Waals surface area contributed by atoms with Gasteiger partial charge in [0.15, 0.2) is 18.9 Å². The minimum Gasteiger partial charge on any atom is -0.436 e. The monoisotopic (exact) mass is 484 g/mol. The summed E-state index contributed by atoms with van der Waals surface area (Å²) in [6.07, 6.45) is 4.09. The molecule has 9 heteroatoms. The van der Waals surface area contributed by atoms with E-state index in [1.54, 1.807) is 27.7 Å². The van der Waals surface area contributed by atoms with Crippen molar-refractivity contribution in [1.82, 2.24) is 0 Å². The van der Waals surface area contributed by atoms with E-state index in [2.05, 4.69) is 0 Å². The Balaban J connectivity index is 2.95. The lowest BCUT2D eigenvalue weighted by atomic mass is 9.90. The summed E-state index contributed by atoms with van der Waals surface area (Å²) >= 11 is 0. The van der Waals surface area contributed by atoms with Crippen LogP contribution in [0.4, 0.5) is 0 Å². The lowest BCUT2D eigenvalue weighted by Gasteiger charge is -2.23. The molecule has 0 aromatic rings. The Hall–Kier alpha value is -2.23. The summed E-state index contributed by atoms with van der Waals surface area (Å²) in [5, 5.41) is 0. The van der Waals surface area contributed by atoms with Crippen molar-refractivity contribution in [2.45, 2.75) is 92.5 Å². The van der Waals surface area contributed by atoms with E-state index in [9.17, 15) is 14.4 Å². The Morgan fingerprint density at radius 1 is 0.824 bits per heavy atom. The molecule has 1 aliphatic rings. The highest BCUT2D eigenvalue weighted by atomic mass is 16.7. The van der Waals surface area contributed by atoms with Crippen molar-refractivity contribution < 1.29 is 42.8 Å². The van der Waals surface area contributed by atoms with Crippen LogP contribution in [0.3, 0.4) is 0 Å². The standard InChI is InChI=1S/C25H40O9/c1-7-10-12-30-18(5)33-24(27)21-14-20(23(26)32-17(4)29-9-3)15-22(16-21)25(28)34-19(6)31-13-11-8-2/h14,16-19,22H,7-13,15H2,1-6H3. The largest absolute Gasteiger partial charge is 0.436 e. The topological polar surface area (TPSA) is 107 Å². The summed E-state index contributed by atoms with van der Waals surface area (Å²) in [7, 11) is 0.